The summed E-state index contributed by atoms with van der Waals surface area (Å²) in [4.78, 5) is 0. The number of hydrogen-bond acceptors (Lipinski definition) is 1. The highest BCUT2D eigenvalue weighted by atomic mass is 19.3. The first-order chi connectivity index (χ1) is 8.96. The molecular formula is C12H17F7O. The summed E-state index contributed by atoms with van der Waals surface area (Å²) in [6.45, 7) is 0.421. The molecule has 0 heterocycles. The van der Waals surface area contributed by atoms with Gasteiger partial charge in [0.1, 0.15) is 5.92 Å². The van der Waals surface area contributed by atoms with E-state index < -0.39 is 49.0 Å². The molecule has 0 aliphatic heterocycles. The Balaban J connectivity index is 3.01. The van der Waals surface area contributed by atoms with Crippen molar-refractivity contribution < 1.29 is 35.5 Å². The molecule has 0 amide bonds. The minimum atomic E-state index is -4.79. The van der Waals surface area contributed by atoms with Crippen LogP contribution in [0.2, 0.25) is 0 Å². The van der Waals surface area contributed by atoms with Crippen molar-refractivity contribution in [3.05, 3.63) is 0 Å². The molecule has 1 nitrogen and oxygen atoms in total. The molecule has 3 unspecified atom stereocenters. The Labute approximate surface area is 112 Å². The standard InChI is InChI=1S/C12H17F7O/c1-3-8-4-7(2)5-9(11(8,16)17)12(18,19)20-10(14,15)6-13/h7-9H,3-6H2,1-2H3. The smallest absolute Gasteiger partial charge is 0.253 e. The fourth-order valence-corrected chi connectivity index (χ4v) is 2.68. The summed E-state index contributed by atoms with van der Waals surface area (Å²) in [5.74, 6) is -8.32. The zero-order valence-corrected chi connectivity index (χ0v) is 11.1. The molecule has 0 aromatic carbocycles. The van der Waals surface area contributed by atoms with Gasteiger partial charge in [-0.2, -0.15) is 17.6 Å². The summed E-state index contributed by atoms with van der Waals surface area (Å²) in [6.07, 6.45) is -10.2. The van der Waals surface area contributed by atoms with Crippen molar-refractivity contribution in [1.82, 2.24) is 0 Å². The van der Waals surface area contributed by atoms with E-state index in [4.69, 9.17) is 0 Å². The lowest BCUT2D eigenvalue weighted by Crippen LogP contribution is -2.53. The van der Waals surface area contributed by atoms with Crippen LogP contribution < -0.4 is 0 Å². The average molecular weight is 310 g/mol. The van der Waals surface area contributed by atoms with Crippen molar-refractivity contribution >= 4 is 0 Å². The van der Waals surface area contributed by atoms with Gasteiger partial charge in [-0.25, -0.2) is 13.2 Å². The maximum absolute atomic E-state index is 14.0. The summed E-state index contributed by atoms with van der Waals surface area (Å²) < 4.78 is 95.4. The normalized spacial score (nSPS) is 31.4. The maximum atomic E-state index is 14.0. The second-order valence-electron chi connectivity index (χ2n) is 5.34. The molecule has 0 spiro atoms. The van der Waals surface area contributed by atoms with Gasteiger partial charge in [0, 0.05) is 5.92 Å². The number of halogens is 7. The molecule has 0 radical (unpaired) electrons. The van der Waals surface area contributed by atoms with Gasteiger partial charge < -0.3 is 0 Å². The summed E-state index contributed by atoms with van der Waals surface area (Å²) in [5.41, 5.74) is 0. The third-order valence-corrected chi connectivity index (χ3v) is 3.67. The van der Waals surface area contributed by atoms with Crippen LogP contribution in [0.4, 0.5) is 30.7 Å². The van der Waals surface area contributed by atoms with Crippen molar-refractivity contribution in [2.24, 2.45) is 17.8 Å². The van der Waals surface area contributed by atoms with E-state index in [2.05, 4.69) is 4.74 Å². The van der Waals surface area contributed by atoms with E-state index in [0.717, 1.165) is 0 Å². The SMILES string of the molecule is CCC1CC(C)CC(C(F)(F)OC(F)(F)CF)C1(F)F. The minimum absolute atomic E-state index is 0.0373. The Hall–Kier alpha value is -0.530. The van der Waals surface area contributed by atoms with E-state index in [1.54, 1.807) is 0 Å². The third kappa shape index (κ3) is 3.56. The van der Waals surface area contributed by atoms with Crippen molar-refractivity contribution in [1.29, 1.82) is 0 Å². The van der Waals surface area contributed by atoms with Gasteiger partial charge in [0.25, 0.3) is 5.92 Å². The molecule has 0 bridgehead atoms. The van der Waals surface area contributed by atoms with Crippen molar-refractivity contribution in [3.63, 3.8) is 0 Å². The fraction of sp³-hybridized carbons (Fsp3) is 1.00. The van der Waals surface area contributed by atoms with E-state index in [1.807, 2.05) is 0 Å². The Morgan fingerprint density at radius 3 is 2.15 bits per heavy atom. The Bertz CT molecular complexity index is 332. The molecule has 0 aromatic heterocycles. The number of rotatable bonds is 5. The molecule has 1 aliphatic rings. The van der Waals surface area contributed by atoms with Crippen LogP contribution in [0.5, 0.6) is 0 Å². The molecule has 1 rings (SSSR count). The Morgan fingerprint density at radius 2 is 1.70 bits per heavy atom. The molecular weight excluding hydrogens is 293 g/mol. The first-order valence-corrected chi connectivity index (χ1v) is 6.35. The quantitative estimate of drug-likeness (QED) is 0.659. The Morgan fingerprint density at radius 1 is 1.15 bits per heavy atom. The van der Waals surface area contributed by atoms with Crippen molar-refractivity contribution in [2.75, 3.05) is 6.67 Å². The van der Waals surface area contributed by atoms with E-state index in [-0.39, 0.29) is 12.8 Å². The molecule has 120 valence electrons. The van der Waals surface area contributed by atoms with Gasteiger partial charge >= 0.3 is 12.2 Å². The van der Waals surface area contributed by atoms with Gasteiger partial charge in [0.2, 0.25) is 0 Å². The van der Waals surface area contributed by atoms with Crippen LogP contribution in [-0.2, 0) is 4.74 Å². The number of alkyl halides is 7. The van der Waals surface area contributed by atoms with E-state index in [9.17, 15) is 30.7 Å². The van der Waals surface area contributed by atoms with Crippen LogP contribution in [0, 0.1) is 17.8 Å². The first-order valence-electron chi connectivity index (χ1n) is 6.35. The number of hydrogen-bond donors (Lipinski definition) is 0. The van der Waals surface area contributed by atoms with E-state index in [1.165, 1.54) is 13.8 Å². The highest BCUT2D eigenvalue weighted by Crippen LogP contribution is 2.53. The fourth-order valence-electron chi connectivity index (χ4n) is 2.68. The molecule has 20 heavy (non-hydrogen) atoms. The minimum Gasteiger partial charge on any atom is -0.253 e. The largest absolute Gasteiger partial charge is 0.388 e. The topological polar surface area (TPSA) is 9.23 Å². The van der Waals surface area contributed by atoms with Crippen LogP contribution >= 0.6 is 0 Å². The first kappa shape index (κ1) is 17.5. The zero-order valence-electron chi connectivity index (χ0n) is 11.1. The summed E-state index contributed by atoms with van der Waals surface area (Å²) in [7, 11) is 0. The van der Waals surface area contributed by atoms with Gasteiger partial charge in [0.05, 0.1) is 0 Å². The van der Waals surface area contributed by atoms with Crippen LogP contribution in [-0.4, -0.2) is 24.8 Å². The van der Waals surface area contributed by atoms with Crippen molar-refractivity contribution in [3.8, 4) is 0 Å². The lowest BCUT2D eigenvalue weighted by Gasteiger charge is -2.43. The van der Waals surface area contributed by atoms with Gasteiger partial charge in [-0.05, 0) is 25.2 Å². The molecule has 3 atom stereocenters. The van der Waals surface area contributed by atoms with Gasteiger partial charge in [-0.3, -0.25) is 4.74 Å². The Kier molecular flexibility index (Phi) is 4.99. The summed E-state index contributed by atoms with van der Waals surface area (Å²) in [6, 6.07) is 0. The molecule has 8 heteroatoms. The predicted octanol–water partition coefficient (Wildman–Crippen LogP) is 4.87. The van der Waals surface area contributed by atoms with Crippen molar-refractivity contribution in [2.45, 2.75) is 51.2 Å². The van der Waals surface area contributed by atoms with Crippen LogP contribution in [0.3, 0.4) is 0 Å². The second-order valence-corrected chi connectivity index (χ2v) is 5.34. The maximum Gasteiger partial charge on any atom is 0.388 e. The van der Waals surface area contributed by atoms with Crippen LogP contribution in [0.1, 0.15) is 33.1 Å². The highest BCUT2D eigenvalue weighted by Gasteiger charge is 2.63. The monoisotopic (exact) mass is 310 g/mol. The molecule has 1 saturated carbocycles. The molecule has 1 aliphatic carbocycles. The average Bonchev–Trinajstić information content (AvgIpc) is 2.30. The third-order valence-electron chi connectivity index (χ3n) is 3.67. The highest BCUT2D eigenvalue weighted by molar-refractivity contribution is 4.94. The van der Waals surface area contributed by atoms with Gasteiger partial charge in [-0.1, -0.05) is 13.8 Å². The summed E-state index contributed by atoms with van der Waals surface area (Å²) >= 11 is 0. The van der Waals surface area contributed by atoms with E-state index >= 15 is 0 Å². The van der Waals surface area contributed by atoms with E-state index in [0.29, 0.717) is 0 Å². The molecule has 0 saturated heterocycles. The lowest BCUT2D eigenvalue weighted by atomic mass is 9.71. The molecule has 0 aromatic rings. The predicted molar refractivity (Wildman–Crippen MR) is 57.6 cm³/mol. The second kappa shape index (κ2) is 5.69. The molecule has 1 fully saturated rings. The van der Waals surface area contributed by atoms with Gasteiger partial charge in [-0.15, -0.1) is 0 Å². The van der Waals surface area contributed by atoms with Gasteiger partial charge in [0.15, 0.2) is 6.67 Å². The van der Waals surface area contributed by atoms with Crippen LogP contribution in [0.25, 0.3) is 0 Å². The molecule has 0 N–H and O–H groups in total. The lowest BCUT2D eigenvalue weighted by molar-refractivity contribution is -0.416. The zero-order chi connectivity index (χ0) is 15.8. The number of ether oxygens (including phenoxy) is 1. The summed E-state index contributed by atoms with van der Waals surface area (Å²) in [5, 5.41) is 0. The van der Waals surface area contributed by atoms with Crippen LogP contribution in [0.15, 0.2) is 0 Å².